The topological polar surface area (TPSA) is 136 Å². The van der Waals surface area contributed by atoms with Crippen LogP contribution in [0.1, 0.15) is 68.9 Å². The Morgan fingerprint density at radius 3 is 2.15 bits per heavy atom. The molecule has 214 valence electrons. The van der Waals surface area contributed by atoms with E-state index in [1.54, 1.807) is 18.2 Å². The summed E-state index contributed by atoms with van der Waals surface area (Å²) in [6.07, 6.45) is 3.35. The van der Waals surface area contributed by atoms with Gasteiger partial charge in [0, 0.05) is 60.0 Å². The molecule has 0 radical (unpaired) electrons. The van der Waals surface area contributed by atoms with E-state index in [-0.39, 0.29) is 36.8 Å². The first-order chi connectivity index (χ1) is 19.8. The van der Waals surface area contributed by atoms with Crippen LogP contribution in [0.4, 0.5) is 5.69 Å². The highest BCUT2D eigenvalue weighted by Gasteiger charge is 2.43. The van der Waals surface area contributed by atoms with Gasteiger partial charge in [-0.05, 0) is 68.0 Å². The van der Waals surface area contributed by atoms with Crippen LogP contribution >= 0.6 is 0 Å². The largest absolute Gasteiger partial charge is 0.490 e. The summed E-state index contributed by atoms with van der Waals surface area (Å²) in [4.78, 5) is 50.8. The number of ether oxygens (including phenoxy) is 2. The first-order valence-corrected chi connectivity index (χ1v) is 13.9. The summed E-state index contributed by atoms with van der Waals surface area (Å²) in [5.41, 5.74) is 4.32. The lowest BCUT2D eigenvalue weighted by molar-refractivity contribution is -0.384. The Bertz CT molecular complexity index is 1410. The van der Waals surface area contributed by atoms with Gasteiger partial charge in [0.05, 0.1) is 18.0 Å². The molecule has 0 saturated heterocycles. The van der Waals surface area contributed by atoms with Crippen molar-refractivity contribution in [3.63, 3.8) is 0 Å². The van der Waals surface area contributed by atoms with Gasteiger partial charge in [0.15, 0.2) is 23.1 Å². The fourth-order valence-corrected chi connectivity index (χ4v) is 5.99. The van der Waals surface area contributed by atoms with Crippen LogP contribution in [0.5, 0.6) is 11.5 Å². The van der Waals surface area contributed by atoms with E-state index in [2.05, 4.69) is 0 Å². The minimum Gasteiger partial charge on any atom is -0.490 e. The molecule has 2 aliphatic carbocycles. The van der Waals surface area contributed by atoms with Crippen LogP contribution < -0.4 is 9.47 Å². The van der Waals surface area contributed by atoms with Crippen LogP contribution in [0.3, 0.4) is 0 Å². The molecule has 1 aliphatic heterocycles. The summed E-state index contributed by atoms with van der Waals surface area (Å²) < 4.78 is 12.0. The number of benzene rings is 2. The van der Waals surface area contributed by atoms with Gasteiger partial charge in [-0.1, -0.05) is 6.07 Å². The summed E-state index contributed by atoms with van der Waals surface area (Å²) >= 11 is 0. The SMILES string of the molecule is CCOc1cc(C2C3=C(CCCC3=O)N(CCC(=O)O)C3=C2C(=O)CCC3)ccc1OCc1ccc([N+](=O)[O-])cc1. The Kier molecular flexibility index (Phi) is 8.19. The van der Waals surface area contributed by atoms with E-state index in [4.69, 9.17) is 9.47 Å². The van der Waals surface area contributed by atoms with E-state index >= 15 is 0 Å². The molecule has 5 rings (SSSR count). The number of carbonyl (C=O) groups excluding carboxylic acids is 2. The third kappa shape index (κ3) is 5.73. The molecule has 2 aromatic rings. The van der Waals surface area contributed by atoms with Crippen molar-refractivity contribution in [2.24, 2.45) is 0 Å². The molecule has 41 heavy (non-hydrogen) atoms. The predicted octanol–water partition coefficient (Wildman–Crippen LogP) is 5.46. The first-order valence-electron chi connectivity index (χ1n) is 13.9. The van der Waals surface area contributed by atoms with Gasteiger partial charge in [-0.3, -0.25) is 24.5 Å². The molecular weight excluding hydrogens is 528 g/mol. The van der Waals surface area contributed by atoms with E-state index in [0.717, 1.165) is 22.5 Å². The van der Waals surface area contributed by atoms with Gasteiger partial charge < -0.3 is 19.5 Å². The van der Waals surface area contributed by atoms with Crippen molar-refractivity contribution >= 4 is 23.2 Å². The molecule has 0 spiro atoms. The van der Waals surface area contributed by atoms with Gasteiger partial charge in [0.2, 0.25) is 0 Å². The Hall–Kier alpha value is -4.47. The Balaban J connectivity index is 1.52. The average Bonchev–Trinajstić information content (AvgIpc) is 2.95. The normalized spacial score (nSPS) is 17.3. The summed E-state index contributed by atoms with van der Waals surface area (Å²) in [6.45, 7) is 2.61. The monoisotopic (exact) mass is 560 g/mol. The molecule has 0 atom stereocenters. The molecule has 10 heteroatoms. The molecule has 1 heterocycles. The van der Waals surface area contributed by atoms with Gasteiger partial charge >= 0.3 is 5.97 Å². The van der Waals surface area contributed by atoms with E-state index in [1.807, 2.05) is 24.0 Å². The number of nitrogens with zero attached hydrogens (tertiary/aromatic N) is 2. The average molecular weight is 561 g/mol. The maximum Gasteiger partial charge on any atom is 0.305 e. The highest BCUT2D eigenvalue weighted by Crippen LogP contribution is 2.50. The second-order valence-electron chi connectivity index (χ2n) is 10.4. The Morgan fingerprint density at radius 1 is 0.951 bits per heavy atom. The van der Waals surface area contributed by atoms with Crippen LogP contribution in [-0.4, -0.2) is 45.6 Å². The summed E-state index contributed by atoms with van der Waals surface area (Å²) in [5.74, 6) is -0.566. The first kappa shape index (κ1) is 28.1. The second-order valence-corrected chi connectivity index (χ2v) is 10.4. The van der Waals surface area contributed by atoms with E-state index in [0.29, 0.717) is 67.8 Å². The van der Waals surface area contributed by atoms with E-state index in [1.165, 1.54) is 12.1 Å². The van der Waals surface area contributed by atoms with E-state index < -0.39 is 16.8 Å². The molecule has 3 aliphatic rings. The zero-order valence-corrected chi connectivity index (χ0v) is 22.9. The quantitative estimate of drug-likeness (QED) is 0.297. The summed E-state index contributed by atoms with van der Waals surface area (Å²) in [5, 5.41) is 20.3. The molecule has 0 fully saturated rings. The van der Waals surface area contributed by atoms with Crippen LogP contribution in [-0.2, 0) is 21.0 Å². The molecule has 0 aromatic heterocycles. The number of Topliss-reactive ketones (excluding diaryl/α,β-unsaturated/α-hetero) is 2. The number of hydrogen-bond acceptors (Lipinski definition) is 8. The lowest BCUT2D eigenvalue weighted by Gasteiger charge is -2.44. The lowest BCUT2D eigenvalue weighted by Crippen LogP contribution is -2.39. The van der Waals surface area contributed by atoms with Crippen molar-refractivity contribution in [1.82, 2.24) is 4.90 Å². The van der Waals surface area contributed by atoms with Crippen LogP contribution in [0.2, 0.25) is 0 Å². The van der Waals surface area contributed by atoms with Crippen molar-refractivity contribution in [1.29, 1.82) is 0 Å². The minimum atomic E-state index is -0.925. The third-order valence-electron chi connectivity index (χ3n) is 7.78. The van der Waals surface area contributed by atoms with Crippen molar-refractivity contribution in [3.05, 3.63) is 86.2 Å². The number of carbonyl (C=O) groups is 3. The van der Waals surface area contributed by atoms with Crippen LogP contribution in [0.15, 0.2) is 65.0 Å². The minimum absolute atomic E-state index is 0.000941. The standard InChI is InChI=1S/C31H32N2O8/c1-2-40-27-17-20(11-14-26(27)41-18-19-9-12-21(13-10-19)33(38)39)29-30-22(5-3-7-24(30)34)32(16-15-28(36)37)23-6-4-8-25(35)31(23)29/h9-14,17,29H,2-8,15-16,18H2,1H3,(H,36,37). The number of hydrogen-bond donors (Lipinski definition) is 1. The number of non-ortho nitro benzene ring substituents is 1. The molecule has 10 nitrogen and oxygen atoms in total. The molecule has 2 aromatic carbocycles. The Morgan fingerprint density at radius 2 is 1.59 bits per heavy atom. The summed E-state index contributed by atoms with van der Waals surface area (Å²) in [6, 6.07) is 11.6. The molecule has 0 unspecified atom stereocenters. The summed E-state index contributed by atoms with van der Waals surface area (Å²) in [7, 11) is 0. The molecule has 0 amide bonds. The number of nitro groups is 1. The van der Waals surface area contributed by atoms with Gasteiger partial charge in [0.25, 0.3) is 5.69 Å². The van der Waals surface area contributed by atoms with Crippen LogP contribution in [0, 0.1) is 10.1 Å². The predicted molar refractivity (Wildman–Crippen MR) is 149 cm³/mol. The number of allylic oxidation sites excluding steroid dienone is 4. The van der Waals surface area contributed by atoms with Gasteiger partial charge in [-0.25, -0.2) is 0 Å². The highest BCUT2D eigenvalue weighted by molar-refractivity contribution is 6.06. The number of ketones is 2. The number of carboxylic acid groups (broad SMARTS) is 1. The van der Waals surface area contributed by atoms with Gasteiger partial charge in [0.1, 0.15) is 6.61 Å². The molecule has 1 N–H and O–H groups in total. The third-order valence-corrected chi connectivity index (χ3v) is 7.78. The zero-order chi connectivity index (χ0) is 29.1. The number of rotatable bonds is 10. The number of aliphatic carboxylic acids is 1. The number of nitro benzene ring substituents is 1. The van der Waals surface area contributed by atoms with Crippen LogP contribution in [0.25, 0.3) is 0 Å². The Labute approximate surface area is 237 Å². The highest BCUT2D eigenvalue weighted by atomic mass is 16.6. The van der Waals surface area contributed by atoms with Crippen molar-refractivity contribution in [2.75, 3.05) is 13.2 Å². The van der Waals surface area contributed by atoms with Crippen molar-refractivity contribution < 1.29 is 33.9 Å². The maximum atomic E-state index is 13.4. The zero-order valence-electron chi connectivity index (χ0n) is 22.9. The van der Waals surface area contributed by atoms with Crippen molar-refractivity contribution in [3.8, 4) is 11.5 Å². The second kappa shape index (κ2) is 12.0. The van der Waals surface area contributed by atoms with Gasteiger partial charge in [-0.15, -0.1) is 0 Å². The molecular formula is C31H32N2O8. The van der Waals surface area contributed by atoms with Crippen molar-refractivity contribution in [2.45, 2.75) is 64.4 Å². The molecule has 0 bridgehead atoms. The number of carboxylic acids is 1. The lowest BCUT2D eigenvalue weighted by atomic mass is 9.71. The smallest absolute Gasteiger partial charge is 0.305 e. The van der Waals surface area contributed by atoms with E-state index in [9.17, 15) is 29.6 Å². The molecule has 0 saturated carbocycles. The fraction of sp³-hybridized carbons (Fsp3) is 0.387. The fourth-order valence-electron chi connectivity index (χ4n) is 5.99. The van der Waals surface area contributed by atoms with Gasteiger partial charge in [-0.2, -0.15) is 0 Å². The maximum absolute atomic E-state index is 13.4.